The molecule has 0 atom stereocenters. The van der Waals surface area contributed by atoms with Crippen LogP contribution in [0.2, 0.25) is 5.02 Å². The quantitative estimate of drug-likeness (QED) is 0.461. The minimum absolute atomic E-state index is 0.133. The number of benzene rings is 2. The number of hydrogen-bond acceptors (Lipinski definition) is 4. The van der Waals surface area contributed by atoms with Crippen molar-refractivity contribution in [3.63, 3.8) is 0 Å². The molecule has 0 saturated carbocycles. The predicted molar refractivity (Wildman–Crippen MR) is 114 cm³/mol. The van der Waals surface area contributed by atoms with Crippen LogP contribution in [0.25, 0.3) is 16.9 Å². The molecule has 0 bridgehead atoms. The molecule has 0 aliphatic heterocycles. The number of carbonyl (C=O) groups excluding carboxylic acids is 1. The zero-order chi connectivity index (χ0) is 20.4. The van der Waals surface area contributed by atoms with E-state index in [1.807, 2.05) is 34.7 Å². The molecular formula is C22H19ClN4O2. The number of phenols is 1. The molecule has 2 aromatic heterocycles. The van der Waals surface area contributed by atoms with Crippen molar-refractivity contribution in [3.8, 4) is 17.0 Å². The first-order chi connectivity index (χ1) is 14.1. The van der Waals surface area contributed by atoms with Gasteiger partial charge in [0, 0.05) is 30.4 Å². The first kappa shape index (κ1) is 18.8. The highest BCUT2D eigenvalue weighted by Gasteiger charge is 2.18. The number of rotatable bonds is 5. The minimum Gasteiger partial charge on any atom is -0.507 e. The first-order valence-electron chi connectivity index (χ1n) is 9.07. The number of hydrogen-bond donors (Lipinski definition) is 3. The number of fused-ring (bicyclic) bond motifs is 1. The number of nitrogens with zero attached hydrogens (tertiary/aromatic N) is 2. The van der Waals surface area contributed by atoms with Crippen molar-refractivity contribution in [2.45, 2.75) is 6.54 Å². The number of pyridine rings is 1. The van der Waals surface area contributed by atoms with Gasteiger partial charge in [-0.05, 0) is 42.0 Å². The summed E-state index contributed by atoms with van der Waals surface area (Å²) >= 11 is 6.10. The van der Waals surface area contributed by atoms with Gasteiger partial charge in [0.25, 0.3) is 5.91 Å². The van der Waals surface area contributed by atoms with Crippen molar-refractivity contribution in [3.05, 3.63) is 83.0 Å². The second kappa shape index (κ2) is 7.85. The van der Waals surface area contributed by atoms with E-state index in [0.717, 1.165) is 5.56 Å². The lowest BCUT2D eigenvalue weighted by Gasteiger charge is -2.11. The molecule has 1 amide bonds. The van der Waals surface area contributed by atoms with E-state index in [-0.39, 0.29) is 11.7 Å². The molecule has 0 radical (unpaired) electrons. The topological polar surface area (TPSA) is 78.7 Å². The first-order valence-corrected chi connectivity index (χ1v) is 9.45. The Kier molecular flexibility index (Phi) is 5.10. The number of anilines is 1. The fourth-order valence-electron chi connectivity index (χ4n) is 3.19. The average Bonchev–Trinajstić information content (AvgIpc) is 3.09. The number of aromatic hydroxyl groups is 1. The van der Waals surface area contributed by atoms with E-state index < -0.39 is 0 Å². The molecule has 0 aliphatic rings. The smallest absolute Gasteiger partial charge is 0.252 e. The van der Waals surface area contributed by atoms with E-state index in [1.54, 1.807) is 43.6 Å². The monoisotopic (exact) mass is 406 g/mol. The summed E-state index contributed by atoms with van der Waals surface area (Å²) in [7, 11) is 1.59. The molecule has 2 aromatic carbocycles. The predicted octanol–water partition coefficient (Wildman–Crippen LogP) is 4.33. The molecule has 0 fully saturated rings. The molecule has 7 heteroatoms. The molecule has 0 unspecified atom stereocenters. The van der Waals surface area contributed by atoms with Crippen LogP contribution in [0.4, 0.5) is 5.82 Å². The van der Waals surface area contributed by atoms with Gasteiger partial charge >= 0.3 is 0 Å². The third kappa shape index (κ3) is 3.75. The Hall–Kier alpha value is -3.51. The maximum atomic E-state index is 12.1. The summed E-state index contributed by atoms with van der Waals surface area (Å²) in [5, 5.41) is 17.0. The van der Waals surface area contributed by atoms with E-state index in [0.29, 0.717) is 39.9 Å². The number of para-hydroxylation sites is 1. The second-order valence-corrected chi connectivity index (χ2v) is 6.97. The zero-order valence-corrected chi connectivity index (χ0v) is 16.4. The van der Waals surface area contributed by atoms with Gasteiger partial charge in [-0.1, -0.05) is 35.9 Å². The fraction of sp³-hybridized carbons (Fsp3) is 0.0909. The van der Waals surface area contributed by atoms with Gasteiger partial charge in [0.05, 0.1) is 5.56 Å². The summed E-state index contributed by atoms with van der Waals surface area (Å²) in [5.41, 5.74) is 3.36. The lowest BCUT2D eigenvalue weighted by molar-refractivity contribution is 0.0962. The molecule has 0 aliphatic carbocycles. The molecule has 0 spiro atoms. The van der Waals surface area contributed by atoms with Crippen LogP contribution in [0.3, 0.4) is 0 Å². The Morgan fingerprint density at radius 1 is 1.14 bits per heavy atom. The maximum Gasteiger partial charge on any atom is 0.252 e. The molecule has 2 heterocycles. The SMILES string of the molecule is CNC(=O)c1ccc2nc(-c3ccccc3O)c(NCc3cccc(Cl)c3)n2c1. The van der Waals surface area contributed by atoms with Crippen molar-refractivity contribution >= 4 is 29.0 Å². The highest BCUT2D eigenvalue weighted by Crippen LogP contribution is 2.35. The van der Waals surface area contributed by atoms with Crippen LogP contribution in [0.15, 0.2) is 66.9 Å². The Bertz CT molecular complexity index is 1200. The molecular weight excluding hydrogens is 388 g/mol. The number of phenolic OH excluding ortho intramolecular Hbond substituents is 1. The van der Waals surface area contributed by atoms with Gasteiger partial charge in [-0.25, -0.2) is 4.98 Å². The number of imidazole rings is 1. The summed E-state index contributed by atoms with van der Waals surface area (Å²) in [6.45, 7) is 0.499. The maximum absolute atomic E-state index is 12.1. The van der Waals surface area contributed by atoms with Gasteiger partial charge in [0.15, 0.2) is 0 Å². The number of carbonyl (C=O) groups is 1. The molecule has 146 valence electrons. The van der Waals surface area contributed by atoms with Gasteiger partial charge in [-0.15, -0.1) is 0 Å². The average molecular weight is 407 g/mol. The molecule has 0 saturated heterocycles. The van der Waals surface area contributed by atoms with Crippen molar-refractivity contribution < 1.29 is 9.90 Å². The fourth-order valence-corrected chi connectivity index (χ4v) is 3.40. The van der Waals surface area contributed by atoms with Crippen molar-refractivity contribution in [2.24, 2.45) is 0 Å². The van der Waals surface area contributed by atoms with E-state index in [2.05, 4.69) is 15.6 Å². The van der Waals surface area contributed by atoms with Gasteiger partial charge in [-0.2, -0.15) is 0 Å². The van der Waals surface area contributed by atoms with E-state index in [1.165, 1.54) is 0 Å². The van der Waals surface area contributed by atoms with Gasteiger partial charge in [0.2, 0.25) is 0 Å². The second-order valence-electron chi connectivity index (χ2n) is 6.53. The molecule has 3 N–H and O–H groups in total. The third-order valence-corrected chi connectivity index (χ3v) is 4.85. The van der Waals surface area contributed by atoms with Crippen LogP contribution in [0.1, 0.15) is 15.9 Å². The lowest BCUT2D eigenvalue weighted by atomic mass is 10.1. The molecule has 6 nitrogen and oxygen atoms in total. The van der Waals surface area contributed by atoms with E-state index >= 15 is 0 Å². The summed E-state index contributed by atoms with van der Waals surface area (Å²) < 4.78 is 1.82. The summed E-state index contributed by atoms with van der Waals surface area (Å²) in [4.78, 5) is 16.8. The highest BCUT2D eigenvalue weighted by atomic mass is 35.5. The minimum atomic E-state index is -0.189. The zero-order valence-electron chi connectivity index (χ0n) is 15.7. The highest BCUT2D eigenvalue weighted by molar-refractivity contribution is 6.30. The number of halogens is 1. The summed E-state index contributed by atoms with van der Waals surface area (Å²) in [6.07, 6.45) is 1.73. The summed E-state index contributed by atoms with van der Waals surface area (Å²) in [5.74, 6) is 0.617. The van der Waals surface area contributed by atoms with Crippen LogP contribution >= 0.6 is 11.6 Å². The van der Waals surface area contributed by atoms with Crippen LogP contribution < -0.4 is 10.6 Å². The van der Waals surface area contributed by atoms with Crippen molar-refractivity contribution in [1.29, 1.82) is 0 Å². The van der Waals surface area contributed by atoms with Gasteiger partial charge in [0.1, 0.15) is 22.9 Å². The van der Waals surface area contributed by atoms with Crippen LogP contribution in [0.5, 0.6) is 5.75 Å². The summed E-state index contributed by atoms with van der Waals surface area (Å²) in [6, 6.07) is 18.1. The molecule has 4 rings (SSSR count). The largest absolute Gasteiger partial charge is 0.507 e. The standard InChI is InChI=1S/C22H19ClN4O2/c1-24-22(29)15-9-10-19-26-20(17-7-2-3-8-18(17)28)21(27(19)13-15)25-12-14-5-4-6-16(23)11-14/h2-11,13,25,28H,12H2,1H3,(H,24,29). The number of nitrogens with one attached hydrogen (secondary N) is 2. The van der Waals surface area contributed by atoms with Crippen LogP contribution in [-0.2, 0) is 6.54 Å². The van der Waals surface area contributed by atoms with Crippen molar-refractivity contribution in [2.75, 3.05) is 12.4 Å². The molecule has 29 heavy (non-hydrogen) atoms. The van der Waals surface area contributed by atoms with Gasteiger partial charge < -0.3 is 15.7 Å². The Morgan fingerprint density at radius 2 is 1.97 bits per heavy atom. The number of amides is 1. The van der Waals surface area contributed by atoms with E-state index in [4.69, 9.17) is 11.6 Å². The Balaban J connectivity index is 1.84. The lowest BCUT2D eigenvalue weighted by Crippen LogP contribution is -2.18. The Labute approximate surface area is 172 Å². The van der Waals surface area contributed by atoms with Crippen LogP contribution in [-0.4, -0.2) is 27.4 Å². The molecule has 4 aromatic rings. The van der Waals surface area contributed by atoms with Gasteiger partial charge in [-0.3, -0.25) is 9.20 Å². The van der Waals surface area contributed by atoms with E-state index in [9.17, 15) is 9.90 Å². The van der Waals surface area contributed by atoms with Crippen molar-refractivity contribution in [1.82, 2.24) is 14.7 Å². The Morgan fingerprint density at radius 3 is 2.72 bits per heavy atom. The number of aromatic nitrogens is 2. The van der Waals surface area contributed by atoms with Crippen LogP contribution in [0, 0.1) is 0 Å². The third-order valence-electron chi connectivity index (χ3n) is 4.62. The normalized spacial score (nSPS) is 10.8.